The molecule has 0 saturated carbocycles. The van der Waals surface area contributed by atoms with E-state index in [0.29, 0.717) is 0 Å². The smallest absolute Gasteiger partial charge is 0.326 e. The number of phenols is 1. The van der Waals surface area contributed by atoms with E-state index < -0.39 is 47.9 Å². The minimum Gasteiger partial charge on any atom is -0.508 e. The molecule has 0 spiro atoms. The number of aliphatic carboxylic acids is 1. The molecule has 1 aromatic carbocycles. The van der Waals surface area contributed by atoms with Gasteiger partial charge in [-0.3, -0.25) is 14.4 Å². The first-order chi connectivity index (χ1) is 14.5. The average molecular weight is 455 g/mol. The SMILES string of the molecule is CC(NC(=O)C(N)Cc1ccc(O)cc1)C(=O)NC(CS)C(=O)NC(C(=O)O)C(C)C. The van der Waals surface area contributed by atoms with Gasteiger partial charge in [0.25, 0.3) is 0 Å². The Morgan fingerprint density at radius 1 is 0.968 bits per heavy atom. The summed E-state index contributed by atoms with van der Waals surface area (Å²) in [6.07, 6.45) is 0.202. The zero-order valence-corrected chi connectivity index (χ0v) is 18.6. The Morgan fingerprint density at radius 2 is 1.55 bits per heavy atom. The normalized spacial score (nSPS) is 14.8. The number of phenolic OH excluding ortho intramolecular Hbond substituents is 1. The summed E-state index contributed by atoms with van der Waals surface area (Å²) in [5.74, 6) is -3.40. The summed E-state index contributed by atoms with van der Waals surface area (Å²) in [7, 11) is 0. The molecule has 4 unspecified atom stereocenters. The second kappa shape index (κ2) is 12.2. The van der Waals surface area contributed by atoms with E-state index in [2.05, 4.69) is 28.6 Å². The number of nitrogens with two attached hydrogens (primary N) is 1. The molecule has 0 aliphatic heterocycles. The summed E-state index contributed by atoms with van der Waals surface area (Å²) in [6.45, 7) is 4.72. The number of amides is 3. The van der Waals surface area contributed by atoms with Gasteiger partial charge in [-0.25, -0.2) is 4.79 Å². The lowest BCUT2D eigenvalue weighted by Gasteiger charge is -2.24. The molecule has 1 rings (SSSR count). The van der Waals surface area contributed by atoms with Gasteiger partial charge in [0.05, 0.1) is 6.04 Å². The minimum absolute atomic E-state index is 0.0664. The van der Waals surface area contributed by atoms with Gasteiger partial charge in [0.15, 0.2) is 0 Å². The average Bonchev–Trinajstić information content (AvgIpc) is 2.70. The number of nitrogens with one attached hydrogen (secondary N) is 3. The molecule has 0 aromatic heterocycles. The summed E-state index contributed by atoms with van der Waals surface area (Å²) in [6, 6.07) is 2.12. The van der Waals surface area contributed by atoms with Crippen LogP contribution in [0.2, 0.25) is 0 Å². The number of rotatable bonds is 11. The molecule has 11 heteroatoms. The van der Waals surface area contributed by atoms with Gasteiger partial charge in [0, 0.05) is 5.75 Å². The van der Waals surface area contributed by atoms with Crippen molar-refractivity contribution in [3.63, 3.8) is 0 Å². The van der Waals surface area contributed by atoms with Crippen LogP contribution in [0.3, 0.4) is 0 Å². The molecule has 0 fully saturated rings. The molecule has 0 radical (unpaired) electrons. The highest BCUT2D eigenvalue weighted by Gasteiger charge is 2.29. The maximum atomic E-state index is 12.4. The van der Waals surface area contributed by atoms with Gasteiger partial charge in [0.2, 0.25) is 17.7 Å². The first-order valence-electron chi connectivity index (χ1n) is 9.74. The van der Waals surface area contributed by atoms with Crippen LogP contribution in [0, 0.1) is 5.92 Å². The van der Waals surface area contributed by atoms with Crippen molar-refractivity contribution in [1.82, 2.24) is 16.0 Å². The summed E-state index contributed by atoms with van der Waals surface area (Å²) in [5.41, 5.74) is 6.62. The van der Waals surface area contributed by atoms with Crippen LogP contribution in [-0.2, 0) is 25.6 Å². The van der Waals surface area contributed by atoms with E-state index in [9.17, 15) is 29.4 Å². The third-order valence-electron chi connectivity index (χ3n) is 4.53. The molecule has 172 valence electrons. The molecular formula is C20H30N4O6S. The van der Waals surface area contributed by atoms with Crippen molar-refractivity contribution in [2.45, 2.75) is 51.4 Å². The quantitative estimate of drug-likeness (QED) is 0.219. The maximum absolute atomic E-state index is 12.4. The number of hydrogen-bond donors (Lipinski definition) is 7. The number of hydrogen-bond acceptors (Lipinski definition) is 7. The molecule has 0 saturated heterocycles. The molecular weight excluding hydrogens is 424 g/mol. The zero-order chi connectivity index (χ0) is 23.7. The lowest BCUT2D eigenvalue weighted by Crippen LogP contribution is -2.57. The number of benzene rings is 1. The molecule has 7 N–H and O–H groups in total. The number of carbonyl (C=O) groups excluding carboxylic acids is 3. The van der Waals surface area contributed by atoms with E-state index in [1.165, 1.54) is 19.1 Å². The van der Waals surface area contributed by atoms with Crippen LogP contribution in [0.15, 0.2) is 24.3 Å². The van der Waals surface area contributed by atoms with Gasteiger partial charge < -0.3 is 31.9 Å². The van der Waals surface area contributed by atoms with Crippen molar-refractivity contribution in [2.75, 3.05) is 5.75 Å². The molecule has 0 bridgehead atoms. The Kier molecular flexibility index (Phi) is 10.3. The van der Waals surface area contributed by atoms with Crippen LogP contribution < -0.4 is 21.7 Å². The molecule has 10 nitrogen and oxygen atoms in total. The minimum atomic E-state index is -1.18. The number of carbonyl (C=O) groups is 4. The highest BCUT2D eigenvalue weighted by molar-refractivity contribution is 7.80. The Balaban J connectivity index is 2.63. The molecule has 1 aromatic rings. The molecule has 0 heterocycles. The monoisotopic (exact) mass is 454 g/mol. The van der Waals surface area contributed by atoms with Crippen molar-refractivity contribution in [2.24, 2.45) is 11.7 Å². The number of carboxylic acids is 1. The lowest BCUT2D eigenvalue weighted by atomic mass is 10.0. The van der Waals surface area contributed by atoms with E-state index in [1.807, 2.05) is 0 Å². The Bertz CT molecular complexity index is 786. The van der Waals surface area contributed by atoms with Gasteiger partial charge in [-0.1, -0.05) is 26.0 Å². The van der Waals surface area contributed by atoms with E-state index >= 15 is 0 Å². The topological polar surface area (TPSA) is 171 Å². The first kappa shape index (κ1) is 26.2. The third kappa shape index (κ3) is 8.46. The highest BCUT2D eigenvalue weighted by Crippen LogP contribution is 2.11. The number of thiol groups is 1. The van der Waals surface area contributed by atoms with E-state index in [0.717, 1.165) is 5.56 Å². The first-order valence-corrected chi connectivity index (χ1v) is 10.4. The molecule has 3 amide bonds. The molecule has 31 heavy (non-hydrogen) atoms. The third-order valence-corrected chi connectivity index (χ3v) is 4.89. The highest BCUT2D eigenvalue weighted by atomic mass is 32.1. The van der Waals surface area contributed by atoms with Crippen molar-refractivity contribution in [1.29, 1.82) is 0 Å². The second-order valence-electron chi connectivity index (χ2n) is 7.52. The van der Waals surface area contributed by atoms with Crippen LogP contribution in [-0.4, -0.2) is 63.8 Å². The summed E-state index contributed by atoms with van der Waals surface area (Å²) in [5, 5.41) is 25.8. The van der Waals surface area contributed by atoms with Gasteiger partial charge in [0.1, 0.15) is 23.9 Å². The summed E-state index contributed by atoms with van der Waals surface area (Å²) >= 11 is 4.04. The molecule has 0 aliphatic rings. The van der Waals surface area contributed by atoms with Gasteiger partial charge in [-0.05, 0) is 37.0 Å². The van der Waals surface area contributed by atoms with Gasteiger partial charge in [-0.2, -0.15) is 12.6 Å². The van der Waals surface area contributed by atoms with Crippen molar-refractivity contribution < 1.29 is 29.4 Å². The summed E-state index contributed by atoms with van der Waals surface area (Å²) in [4.78, 5) is 48.3. The standard InChI is InChI=1S/C20H30N4O6S/c1-10(2)16(20(29)30)24-19(28)15(9-31)23-17(26)11(3)22-18(27)14(21)8-12-4-6-13(25)7-5-12/h4-7,10-11,14-16,25,31H,8-9,21H2,1-3H3,(H,22,27)(H,23,26)(H,24,28)(H,29,30). The Labute approximate surface area is 186 Å². The fourth-order valence-electron chi connectivity index (χ4n) is 2.62. The maximum Gasteiger partial charge on any atom is 0.326 e. The lowest BCUT2D eigenvalue weighted by molar-refractivity contribution is -0.143. The molecule has 0 aliphatic carbocycles. The zero-order valence-electron chi connectivity index (χ0n) is 17.7. The largest absolute Gasteiger partial charge is 0.508 e. The van der Waals surface area contributed by atoms with Crippen molar-refractivity contribution in [3.05, 3.63) is 29.8 Å². The van der Waals surface area contributed by atoms with Gasteiger partial charge in [-0.15, -0.1) is 0 Å². The molecule has 4 atom stereocenters. The van der Waals surface area contributed by atoms with Crippen LogP contribution in [0.4, 0.5) is 0 Å². The predicted octanol–water partition coefficient (Wildman–Crippen LogP) is -0.593. The fourth-order valence-corrected chi connectivity index (χ4v) is 2.88. The predicted molar refractivity (Wildman–Crippen MR) is 118 cm³/mol. The number of aromatic hydroxyl groups is 1. The van der Waals surface area contributed by atoms with Crippen LogP contribution in [0.5, 0.6) is 5.75 Å². The van der Waals surface area contributed by atoms with Crippen molar-refractivity contribution in [3.8, 4) is 5.75 Å². The fraction of sp³-hybridized carbons (Fsp3) is 0.500. The summed E-state index contributed by atoms with van der Waals surface area (Å²) < 4.78 is 0. The Hall–Kier alpha value is -2.79. The van der Waals surface area contributed by atoms with Crippen LogP contribution >= 0.6 is 12.6 Å². The Morgan fingerprint density at radius 3 is 2.03 bits per heavy atom. The van der Waals surface area contributed by atoms with E-state index in [1.54, 1.807) is 26.0 Å². The second-order valence-corrected chi connectivity index (χ2v) is 7.88. The van der Waals surface area contributed by atoms with E-state index in [-0.39, 0.29) is 23.8 Å². The number of carboxylic acid groups (broad SMARTS) is 1. The van der Waals surface area contributed by atoms with Crippen molar-refractivity contribution >= 4 is 36.3 Å². The van der Waals surface area contributed by atoms with Crippen LogP contribution in [0.25, 0.3) is 0 Å². The van der Waals surface area contributed by atoms with E-state index in [4.69, 9.17) is 5.73 Å². The van der Waals surface area contributed by atoms with Crippen LogP contribution in [0.1, 0.15) is 26.3 Å². The van der Waals surface area contributed by atoms with Gasteiger partial charge >= 0.3 is 5.97 Å².